The molecule has 6 heteroatoms. The van der Waals surface area contributed by atoms with Gasteiger partial charge in [-0.15, -0.1) is 0 Å². The fraction of sp³-hybridized carbons (Fsp3) is 0.500. The Morgan fingerprint density at radius 1 is 1.25 bits per heavy atom. The zero-order valence-electron chi connectivity index (χ0n) is 17.1. The first-order valence-corrected chi connectivity index (χ1v) is 10.1. The van der Waals surface area contributed by atoms with Crippen LogP contribution >= 0.6 is 0 Å². The zero-order valence-corrected chi connectivity index (χ0v) is 17.1. The molecule has 148 valence electrons. The van der Waals surface area contributed by atoms with Crippen molar-refractivity contribution in [3.05, 3.63) is 53.1 Å². The van der Waals surface area contributed by atoms with Gasteiger partial charge in [0.1, 0.15) is 5.82 Å². The Kier molecular flexibility index (Phi) is 5.31. The van der Waals surface area contributed by atoms with Crippen LogP contribution in [0.1, 0.15) is 46.2 Å². The number of nitrogens with zero attached hydrogens (tertiary/aromatic N) is 5. The molecule has 0 radical (unpaired) electrons. The molecule has 2 aliphatic heterocycles. The molecular formula is C22H29N5O. The fourth-order valence-corrected chi connectivity index (χ4v) is 4.14. The van der Waals surface area contributed by atoms with Gasteiger partial charge >= 0.3 is 0 Å². The predicted octanol–water partition coefficient (Wildman–Crippen LogP) is 2.55. The van der Waals surface area contributed by atoms with Crippen molar-refractivity contribution >= 4 is 11.6 Å². The lowest BCUT2D eigenvalue weighted by molar-refractivity contribution is 0.0704. The van der Waals surface area contributed by atoms with E-state index in [1.165, 1.54) is 11.3 Å². The van der Waals surface area contributed by atoms with E-state index in [1.807, 2.05) is 54.4 Å². The summed E-state index contributed by atoms with van der Waals surface area (Å²) in [6.45, 7) is 3.47. The highest BCUT2D eigenvalue weighted by atomic mass is 16.2. The summed E-state index contributed by atoms with van der Waals surface area (Å²) in [4.78, 5) is 28.9. The molecule has 0 N–H and O–H groups in total. The minimum atomic E-state index is 0.105. The molecule has 28 heavy (non-hydrogen) atoms. The molecule has 1 aromatic carbocycles. The first-order valence-electron chi connectivity index (χ1n) is 10.1. The minimum absolute atomic E-state index is 0.105. The maximum atomic E-state index is 13.1. The van der Waals surface area contributed by atoms with Crippen molar-refractivity contribution in [1.29, 1.82) is 0 Å². The van der Waals surface area contributed by atoms with E-state index in [0.717, 1.165) is 56.0 Å². The van der Waals surface area contributed by atoms with Crippen LogP contribution in [0.4, 0.5) is 5.69 Å². The number of fused-ring (bicyclic) bond motifs is 1. The van der Waals surface area contributed by atoms with E-state index in [4.69, 9.17) is 4.98 Å². The van der Waals surface area contributed by atoms with Crippen molar-refractivity contribution in [2.75, 3.05) is 45.7 Å². The summed E-state index contributed by atoms with van der Waals surface area (Å²) in [5, 5.41) is 0. The van der Waals surface area contributed by atoms with E-state index in [9.17, 15) is 4.79 Å². The highest BCUT2D eigenvalue weighted by molar-refractivity contribution is 5.95. The van der Waals surface area contributed by atoms with E-state index in [0.29, 0.717) is 6.54 Å². The number of likely N-dealkylation sites (tertiary alicyclic amines) is 1. The molecule has 0 unspecified atom stereocenters. The number of carbonyl (C=O) groups excluding carboxylic acids is 1. The molecule has 0 aliphatic carbocycles. The largest absolute Gasteiger partial charge is 0.378 e. The molecule has 1 saturated heterocycles. The molecule has 1 atom stereocenters. The Balaban J connectivity index is 1.50. The number of benzene rings is 1. The third-order valence-corrected chi connectivity index (χ3v) is 5.83. The molecule has 0 saturated carbocycles. The summed E-state index contributed by atoms with van der Waals surface area (Å²) in [7, 11) is 6.12. The lowest BCUT2D eigenvalue weighted by Crippen LogP contribution is -2.39. The number of hydrogen-bond donors (Lipinski definition) is 0. The summed E-state index contributed by atoms with van der Waals surface area (Å²) in [6, 6.07) is 7.85. The standard InChI is InChI=1S/C22H29N5O/c1-25(2)19-8-4-6-16(12-19)22(28)27-10-5-7-17(15-27)21-23-13-18-14-26(3)11-9-20(18)24-21/h4,6,8,12-13,17H,5,7,9-11,14-15H2,1-3H3/t17-/m1/s1. The Bertz CT molecular complexity index is 866. The van der Waals surface area contributed by atoms with E-state index in [-0.39, 0.29) is 11.8 Å². The van der Waals surface area contributed by atoms with Crippen molar-refractivity contribution in [2.24, 2.45) is 0 Å². The minimum Gasteiger partial charge on any atom is -0.378 e. The number of likely N-dealkylation sites (N-methyl/N-ethyl adjacent to an activating group) is 1. The molecule has 1 amide bonds. The van der Waals surface area contributed by atoms with Gasteiger partial charge in [0.2, 0.25) is 0 Å². The third kappa shape index (κ3) is 3.87. The van der Waals surface area contributed by atoms with Crippen molar-refractivity contribution in [2.45, 2.75) is 31.7 Å². The number of aromatic nitrogens is 2. The summed E-state index contributed by atoms with van der Waals surface area (Å²) in [6.07, 6.45) is 5.01. The van der Waals surface area contributed by atoms with E-state index in [2.05, 4.69) is 16.9 Å². The molecule has 2 aliphatic rings. The lowest BCUT2D eigenvalue weighted by Gasteiger charge is -2.33. The van der Waals surface area contributed by atoms with Crippen LogP contribution < -0.4 is 4.90 Å². The van der Waals surface area contributed by atoms with Gasteiger partial charge in [0.25, 0.3) is 5.91 Å². The Morgan fingerprint density at radius 3 is 2.93 bits per heavy atom. The molecule has 2 aromatic rings. The van der Waals surface area contributed by atoms with Crippen LogP contribution in [0.5, 0.6) is 0 Å². The monoisotopic (exact) mass is 379 g/mol. The van der Waals surface area contributed by atoms with Crippen molar-refractivity contribution in [3.8, 4) is 0 Å². The smallest absolute Gasteiger partial charge is 0.253 e. The van der Waals surface area contributed by atoms with Crippen LogP contribution in [0.2, 0.25) is 0 Å². The number of piperidine rings is 1. The second-order valence-corrected chi connectivity index (χ2v) is 8.22. The van der Waals surface area contributed by atoms with Gasteiger partial charge in [-0.3, -0.25) is 4.79 Å². The van der Waals surface area contributed by atoms with Gasteiger partial charge in [-0.2, -0.15) is 0 Å². The third-order valence-electron chi connectivity index (χ3n) is 5.83. The van der Waals surface area contributed by atoms with Crippen molar-refractivity contribution < 1.29 is 4.79 Å². The van der Waals surface area contributed by atoms with Crippen LogP contribution in [0.25, 0.3) is 0 Å². The molecule has 6 nitrogen and oxygen atoms in total. The van der Waals surface area contributed by atoms with Crippen LogP contribution in [0.3, 0.4) is 0 Å². The number of hydrogen-bond acceptors (Lipinski definition) is 5. The Hall–Kier alpha value is -2.47. The van der Waals surface area contributed by atoms with Crippen molar-refractivity contribution in [3.63, 3.8) is 0 Å². The predicted molar refractivity (Wildman–Crippen MR) is 111 cm³/mol. The average molecular weight is 380 g/mol. The highest BCUT2D eigenvalue weighted by Gasteiger charge is 2.28. The molecule has 4 rings (SSSR count). The average Bonchev–Trinajstić information content (AvgIpc) is 2.73. The summed E-state index contributed by atoms with van der Waals surface area (Å²) < 4.78 is 0. The van der Waals surface area contributed by atoms with Crippen LogP contribution in [-0.2, 0) is 13.0 Å². The number of rotatable bonds is 3. The molecule has 3 heterocycles. The van der Waals surface area contributed by atoms with Gasteiger partial charge < -0.3 is 14.7 Å². The highest BCUT2D eigenvalue weighted by Crippen LogP contribution is 2.27. The zero-order chi connectivity index (χ0) is 19.7. The molecular weight excluding hydrogens is 350 g/mol. The van der Waals surface area contributed by atoms with E-state index in [1.54, 1.807) is 0 Å². The van der Waals surface area contributed by atoms with Crippen LogP contribution in [0.15, 0.2) is 30.5 Å². The summed E-state index contributed by atoms with van der Waals surface area (Å²) in [5.41, 5.74) is 4.22. The van der Waals surface area contributed by atoms with Crippen LogP contribution in [-0.4, -0.2) is 66.5 Å². The molecule has 1 aromatic heterocycles. The van der Waals surface area contributed by atoms with Gasteiger partial charge in [-0.25, -0.2) is 9.97 Å². The maximum absolute atomic E-state index is 13.1. The van der Waals surface area contributed by atoms with Crippen LogP contribution in [0, 0.1) is 0 Å². The van der Waals surface area contributed by atoms with Crippen molar-refractivity contribution in [1.82, 2.24) is 19.8 Å². The Labute approximate surface area is 167 Å². The van der Waals surface area contributed by atoms with E-state index < -0.39 is 0 Å². The molecule has 0 spiro atoms. The first kappa shape index (κ1) is 18.9. The number of amides is 1. The fourth-order valence-electron chi connectivity index (χ4n) is 4.14. The van der Waals surface area contributed by atoms with Gasteiger partial charge in [-0.05, 0) is 38.1 Å². The van der Waals surface area contributed by atoms with Gasteiger partial charge in [0.15, 0.2) is 0 Å². The molecule has 0 bridgehead atoms. The first-order chi connectivity index (χ1) is 13.5. The van der Waals surface area contributed by atoms with Gasteiger partial charge in [0, 0.05) is 81.3 Å². The van der Waals surface area contributed by atoms with Gasteiger partial charge in [-0.1, -0.05) is 6.07 Å². The topological polar surface area (TPSA) is 52.6 Å². The number of anilines is 1. The summed E-state index contributed by atoms with van der Waals surface area (Å²) in [5.74, 6) is 1.23. The molecule has 1 fully saturated rings. The van der Waals surface area contributed by atoms with E-state index >= 15 is 0 Å². The Morgan fingerprint density at radius 2 is 2.11 bits per heavy atom. The second-order valence-electron chi connectivity index (χ2n) is 8.22. The SMILES string of the molecule is CN1CCc2nc([C@@H]3CCCN(C(=O)c4cccc(N(C)C)c4)C3)ncc2C1. The quantitative estimate of drug-likeness (QED) is 0.820. The number of carbonyl (C=O) groups is 1. The second kappa shape index (κ2) is 7.87. The maximum Gasteiger partial charge on any atom is 0.253 e. The van der Waals surface area contributed by atoms with Gasteiger partial charge in [0.05, 0.1) is 0 Å². The normalized spacial score (nSPS) is 20.0. The lowest BCUT2D eigenvalue weighted by atomic mass is 9.95. The summed E-state index contributed by atoms with van der Waals surface area (Å²) >= 11 is 0.